The second-order valence-electron chi connectivity index (χ2n) is 3.15. The minimum atomic E-state index is 0.324. The van der Waals surface area contributed by atoms with Gasteiger partial charge < -0.3 is 5.11 Å². The molecule has 0 bridgehead atoms. The predicted octanol–water partition coefficient (Wildman–Crippen LogP) is 4.00. The van der Waals surface area contributed by atoms with E-state index < -0.39 is 0 Å². The van der Waals surface area contributed by atoms with Crippen LogP contribution in [-0.2, 0) is 12.2 Å². The third kappa shape index (κ3) is 4.16. The minimum Gasteiger partial charge on any atom is -0.507 e. The quantitative estimate of drug-likeness (QED) is 0.808. The van der Waals surface area contributed by atoms with E-state index in [0.717, 1.165) is 29.3 Å². The number of hydrogen-bond acceptors (Lipinski definition) is 3. The van der Waals surface area contributed by atoms with Crippen molar-refractivity contribution in [3.63, 3.8) is 0 Å². The van der Waals surface area contributed by atoms with E-state index in [1.807, 2.05) is 38.3 Å². The lowest BCUT2D eigenvalue weighted by Crippen LogP contribution is -1.89. The van der Waals surface area contributed by atoms with Gasteiger partial charge in [-0.15, -0.1) is 0 Å². The number of aromatic hydroxyl groups is 1. The van der Waals surface area contributed by atoms with E-state index in [4.69, 9.17) is 5.26 Å². The first-order valence-corrected chi connectivity index (χ1v) is 6.49. The van der Waals surface area contributed by atoms with Crippen LogP contribution in [0.5, 0.6) is 5.75 Å². The molecule has 1 aromatic rings. The SMILES string of the molecule is CC.CCc1cc(C)c(O)c(CSC#N)c1. The summed E-state index contributed by atoms with van der Waals surface area (Å²) in [5.41, 5.74) is 2.94. The molecule has 0 saturated heterocycles. The number of rotatable bonds is 3. The highest BCUT2D eigenvalue weighted by Gasteiger charge is 2.06. The molecule has 0 spiro atoms. The molecule has 3 heteroatoms. The summed E-state index contributed by atoms with van der Waals surface area (Å²) in [5, 5.41) is 20.2. The smallest absolute Gasteiger partial charge is 0.133 e. The number of thiocyanates is 1. The van der Waals surface area contributed by atoms with Crippen LogP contribution in [0.25, 0.3) is 0 Å². The summed E-state index contributed by atoms with van der Waals surface area (Å²) >= 11 is 1.15. The highest BCUT2D eigenvalue weighted by molar-refractivity contribution is 8.02. The number of thioether (sulfide) groups is 1. The molecule has 0 aliphatic heterocycles. The van der Waals surface area contributed by atoms with Crippen LogP contribution in [0.3, 0.4) is 0 Å². The molecule has 0 unspecified atom stereocenters. The van der Waals surface area contributed by atoms with E-state index in [2.05, 4.69) is 6.92 Å². The Morgan fingerprint density at radius 2 is 2.00 bits per heavy atom. The highest BCUT2D eigenvalue weighted by Crippen LogP contribution is 2.27. The molecule has 1 rings (SSSR count). The minimum absolute atomic E-state index is 0.324. The van der Waals surface area contributed by atoms with Gasteiger partial charge in [-0.3, -0.25) is 0 Å². The average molecular weight is 237 g/mol. The lowest BCUT2D eigenvalue weighted by molar-refractivity contribution is 0.466. The molecule has 0 radical (unpaired) electrons. The van der Waals surface area contributed by atoms with Gasteiger partial charge in [0.1, 0.15) is 11.2 Å². The van der Waals surface area contributed by atoms with Gasteiger partial charge in [0.25, 0.3) is 0 Å². The van der Waals surface area contributed by atoms with Crippen LogP contribution in [-0.4, -0.2) is 5.11 Å². The van der Waals surface area contributed by atoms with Crippen molar-refractivity contribution in [2.24, 2.45) is 0 Å². The molecule has 0 aliphatic carbocycles. The Bertz CT molecular complexity index is 369. The van der Waals surface area contributed by atoms with Gasteiger partial charge in [0.05, 0.1) is 0 Å². The fourth-order valence-electron chi connectivity index (χ4n) is 1.36. The van der Waals surface area contributed by atoms with Gasteiger partial charge in [-0.25, -0.2) is 0 Å². The van der Waals surface area contributed by atoms with Gasteiger partial charge in [0.15, 0.2) is 0 Å². The number of phenolic OH excluding ortho intramolecular Hbond substituents is 1. The third-order valence-electron chi connectivity index (χ3n) is 2.14. The standard InChI is InChI=1S/C11H13NOS.C2H6/c1-3-9-4-8(2)11(13)10(5-9)6-14-7-12;1-2/h4-5,13H,3,6H2,1-2H3;1-2H3. The number of phenols is 1. The summed E-state index contributed by atoms with van der Waals surface area (Å²) in [5.74, 6) is 0.877. The zero-order valence-electron chi connectivity index (χ0n) is 10.4. The molecule has 0 heterocycles. The van der Waals surface area contributed by atoms with E-state index in [0.29, 0.717) is 11.5 Å². The molecule has 0 aliphatic rings. The van der Waals surface area contributed by atoms with Crippen molar-refractivity contribution < 1.29 is 5.11 Å². The van der Waals surface area contributed by atoms with Gasteiger partial charge in [-0.1, -0.05) is 32.9 Å². The second-order valence-corrected chi connectivity index (χ2v) is 3.91. The molecule has 0 atom stereocenters. The van der Waals surface area contributed by atoms with E-state index in [-0.39, 0.29) is 0 Å². The number of nitriles is 1. The summed E-state index contributed by atoms with van der Waals surface area (Å²) in [6.07, 6.45) is 0.950. The summed E-state index contributed by atoms with van der Waals surface area (Å²) in [7, 11) is 0. The number of nitrogens with zero attached hydrogens (tertiary/aromatic N) is 1. The number of benzene rings is 1. The molecular formula is C13H19NOS. The number of hydrogen-bond donors (Lipinski definition) is 1. The van der Waals surface area contributed by atoms with Crippen molar-refractivity contribution in [3.05, 3.63) is 28.8 Å². The maximum absolute atomic E-state index is 9.72. The summed E-state index contributed by atoms with van der Waals surface area (Å²) in [6, 6.07) is 3.95. The Kier molecular flexibility index (Phi) is 7.49. The molecule has 16 heavy (non-hydrogen) atoms. The lowest BCUT2D eigenvalue weighted by Gasteiger charge is -2.08. The first-order valence-electron chi connectivity index (χ1n) is 5.51. The first kappa shape index (κ1) is 14.9. The van der Waals surface area contributed by atoms with Crippen LogP contribution in [0.2, 0.25) is 0 Å². The monoisotopic (exact) mass is 237 g/mol. The maximum Gasteiger partial charge on any atom is 0.133 e. The van der Waals surface area contributed by atoms with Crippen molar-refractivity contribution in [2.45, 2.75) is 39.9 Å². The Morgan fingerprint density at radius 1 is 1.38 bits per heavy atom. The zero-order valence-corrected chi connectivity index (χ0v) is 11.2. The van der Waals surface area contributed by atoms with Crippen LogP contribution in [0.1, 0.15) is 37.5 Å². The molecule has 0 aromatic heterocycles. The topological polar surface area (TPSA) is 44.0 Å². The molecular weight excluding hydrogens is 218 g/mol. The van der Waals surface area contributed by atoms with E-state index in [9.17, 15) is 5.11 Å². The normalized spacial score (nSPS) is 8.94. The molecule has 0 amide bonds. The second kappa shape index (κ2) is 8.06. The maximum atomic E-state index is 9.72. The molecule has 1 N–H and O–H groups in total. The van der Waals surface area contributed by atoms with Gasteiger partial charge in [0, 0.05) is 11.3 Å². The Hall–Kier alpha value is -1.14. The summed E-state index contributed by atoms with van der Waals surface area (Å²) in [4.78, 5) is 0. The van der Waals surface area contributed by atoms with Crippen molar-refractivity contribution in [2.75, 3.05) is 0 Å². The van der Waals surface area contributed by atoms with Crippen molar-refractivity contribution >= 4 is 11.8 Å². The van der Waals surface area contributed by atoms with E-state index >= 15 is 0 Å². The highest BCUT2D eigenvalue weighted by atomic mass is 32.2. The molecule has 0 saturated carbocycles. The van der Waals surface area contributed by atoms with Gasteiger partial charge in [0.2, 0.25) is 0 Å². The molecule has 2 nitrogen and oxygen atoms in total. The summed E-state index contributed by atoms with van der Waals surface area (Å²) < 4.78 is 0. The molecule has 88 valence electrons. The van der Waals surface area contributed by atoms with Crippen molar-refractivity contribution in [3.8, 4) is 11.2 Å². The average Bonchev–Trinajstić information content (AvgIpc) is 2.33. The van der Waals surface area contributed by atoms with Crippen LogP contribution in [0.15, 0.2) is 12.1 Å². The number of aryl methyl sites for hydroxylation is 2. The van der Waals surface area contributed by atoms with Gasteiger partial charge in [-0.2, -0.15) is 5.26 Å². The van der Waals surface area contributed by atoms with Crippen LogP contribution < -0.4 is 0 Å². The summed E-state index contributed by atoms with van der Waals surface area (Å²) in [6.45, 7) is 7.96. The Morgan fingerprint density at radius 3 is 2.50 bits per heavy atom. The van der Waals surface area contributed by atoms with Gasteiger partial charge >= 0.3 is 0 Å². The first-order chi connectivity index (χ1) is 7.69. The van der Waals surface area contributed by atoms with Crippen LogP contribution >= 0.6 is 11.8 Å². The Balaban J connectivity index is 0.00000106. The third-order valence-corrected chi connectivity index (χ3v) is 2.72. The molecule has 1 aromatic carbocycles. The van der Waals surface area contributed by atoms with Gasteiger partial charge in [-0.05, 0) is 36.2 Å². The van der Waals surface area contributed by atoms with Crippen LogP contribution in [0.4, 0.5) is 0 Å². The predicted molar refractivity (Wildman–Crippen MR) is 70.5 cm³/mol. The van der Waals surface area contributed by atoms with Crippen molar-refractivity contribution in [1.29, 1.82) is 5.26 Å². The van der Waals surface area contributed by atoms with Crippen LogP contribution in [0, 0.1) is 17.6 Å². The lowest BCUT2D eigenvalue weighted by atomic mass is 10.0. The fraction of sp³-hybridized carbons (Fsp3) is 0.462. The zero-order chi connectivity index (χ0) is 12.6. The van der Waals surface area contributed by atoms with E-state index in [1.54, 1.807) is 0 Å². The largest absolute Gasteiger partial charge is 0.507 e. The van der Waals surface area contributed by atoms with E-state index in [1.165, 1.54) is 5.56 Å². The molecule has 0 fully saturated rings. The Labute approximate surface area is 102 Å². The van der Waals surface area contributed by atoms with Crippen molar-refractivity contribution in [1.82, 2.24) is 0 Å². The fourth-order valence-corrected chi connectivity index (χ4v) is 1.80.